The summed E-state index contributed by atoms with van der Waals surface area (Å²) in [5.41, 5.74) is 2.61. The van der Waals surface area contributed by atoms with Gasteiger partial charge in [-0.05, 0) is 52.9 Å². The second kappa shape index (κ2) is 8.53. The van der Waals surface area contributed by atoms with Crippen molar-refractivity contribution in [2.75, 3.05) is 19.7 Å². The van der Waals surface area contributed by atoms with E-state index in [4.69, 9.17) is 0 Å². The van der Waals surface area contributed by atoms with Crippen molar-refractivity contribution in [2.24, 2.45) is 5.41 Å². The lowest BCUT2D eigenvalue weighted by molar-refractivity contribution is 0.0271. The van der Waals surface area contributed by atoms with Crippen LogP contribution in [0.5, 0.6) is 0 Å². The van der Waals surface area contributed by atoms with Crippen LogP contribution in [-0.4, -0.2) is 55.8 Å². The molecule has 1 aliphatic rings. The third-order valence-electron chi connectivity index (χ3n) is 5.64. The van der Waals surface area contributed by atoms with Gasteiger partial charge in [0, 0.05) is 24.1 Å². The Balaban J connectivity index is 1.45. The van der Waals surface area contributed by atoms with E-state index in [0.717, 1.165) is 31.4 Å². The van der Waals surface area contributed by atoms with E-state index in [1.165, 1.54) is 5.56 Å². The molecule has 1 aromatic heterocycles. The predicted molar refractivity (Wildman–Crippen MR) is 108 cm³/mol. The number of hydrogen-bond donors (Lipinski definition) is 1. The zero-order chi connectivity index (χ0) is 20.1. The molecule has 0 bridgehead atoms. The Morgan fingerprint density at radius 1 is 1.07 bits per heavy atom. The summed E-state index contributed by atoms with van der Waals surface area (Å²) in [6.07, 6.45) is 4.16. The fraction of sp³-hybridized carbons (Fsp3) is 0.364. The number of piperidine rings is 1. The molecule has 0 saturated carbocycles. The molecule has 4 rings (SSSR count). The first kappa shape index (κ1) is 19.3. The first-order valence-electron chi connectivity index (χ1n) is 9.91. The highest BCUT2D eigenvalue weighted by Gasteiger charge is 2.37. The summed E-state index contributed by atoms with van der Waals surface area (Å²) >= 11 is 0. The van der Waals surface area contributed by atoms with E-state index in [1.807, 2.05) is 47.4 Å². The highest BCUT2D eigenvalue weighted by Crippen LogP contribution is 2.34. The molecule has 0 spiro atoms. The van der Waals surface area contributed by atoms with E-state index in [2.05, 4.69) is 27.7 Å². The average Bonchev–Trinajstić information content (AvgIpc) is 3.28. The molecule has 1 fully saturated rings. The third-order valence-corrected chi connectivity index (χ3v) is 5.64. The van der Waals surface area contributed by atoms with E-state index in [9.17, 15) is 9.90 Å². The molecular formula is C22H25N5O2. The van der Waals surface area contributed by atoms with Gasteiger partial charge in [-0.3, -0.25) is 4.79 Å². The first-order chi connectivity index (χ1) is 14.2. The SMILES string of the molecule is O=C(c1ccc(Cn2cnnn2)cc1)N1CCCC(CO)(Cc2ccccc2)C1. The van der Waals surface area contributed by atoms with Gasteiger partial charge in [-0.2, -0.15) is 0 Å². The zero-order valence-corrected chi connectivity index (χ0v) is 16.3. The summed E-state index contributed by atoms with van der Waals surface area (Å²) in [5, 5.41) is 21.3. The molecule has 0 aliphatic carbocycles. The number of likely N-dealkylation sites (tertiary alicyclic amines) is 1. The molecule has 1 unspecified atom stereocenters. The van der Waals surface area contributed by atoms with Gasteiger partial charge in [-0.25, -0.2) is 4.68 Å². The van der Waals surface area contributed by atoms with E-state index < -0.39 is 0 Å². The first-order valence-corrected chi connectivity index (χ1v) is 9.91. The number of aliphatic hydroxyl groups excluding tert-OH is 1. The summed E-state index contributed by atoms with van der Waals surface area (Å²) in [4.78, 5) is 15.0. The van der Waals surface area contributed by atoms with Crippen molar-refractivity contribution in [3.63, 3.8) is 0 Å². The molecule has 7 nitrogen and oxygen atoms in total. The molecule has 2 heterocycles. The Kier molecular flexibility index (Phi) is 5.67. The normalized spacial score (nSPS) is 19.3. The minimum Gasteiger partial charge on any atom is -0.396 e. The van der Waals surface area contributed by atoms with Crippen LogP contribution in [0.1, 0.15) is 34.3 Å². The number of nitrogens with zero attached hydrogens (tertiary/aromatic N) is 5. The molecule has 2 aromatic carbocycles. The third kappa shape index (κ3) is 4.51. The lowest BCUT2D eigenvalue weighted by Crippen LogP contribution is -2.49. The van der Waals surface area contributed by atoms with Crippen LogP contribution in [0.4, 0.5) is 0 Å². The largest absolute Gasteiger partial charge is 0.396 e. The van der Waals surface area contributed by atoms with Gasteiger partial charge in [-0.1, -0.05) is 42.5 Å². The monoisotopic (exact) mass is 391 g/mol. The maximum absolute atomic E-state index is 13.1. The molecule has 1 amide bonds. The Morgan fingerprint density at radius 2 is 1.86 bits per heavy atom. The predicted octanol–water partition coefficient (Wildman–Crippen LogP) is 2.18. The molecule has 3 aromatic rings. The van der Waals surface area contributed by atoms with Gasteiger partial charge in [0.2, 0.25) is 0 Å². The van der Waals surface area contributed by atoms with Crippen LogP contribution in [0.3, 0.4) is 0 Å². The minimum absolute atomic E-state index is 0.0181. The highest BCUT2D eigenvalue weighted by atomic mass is 16.3. The number of aliphatic hydroxyl groups is 1. The van der Waals surface area contributed by atoms with Crippen LogP contribution in [0.2, 0.25) is 0 Å². The quantitative estimate of drug-likeness (QED) is 0.696. The second-order valence-electron chi connectivity index (χ2n) is 7.86. The molecule has 29 heavy (non-hydrogen) atoms. The lowest BCUT2D eigenvalue weighted by Gasteiger charge is -2.42. The zero-order valence-electron chi connectivity index (χ0n) is 16.3. The fourth-order valence-corrected chi connectivity index (χ4v) is 4.11. The summed E-state index contributed by atoms with van der Waals surface area (Å²) in [5.74, 6) is 0.0181. The number of benzene rings is 2. The number of hydrogen-bond acceptors (Lipinski definition) is 5. The summed E-state index contributed by atoms with van der Waals surface area (Å²) in [6.45, 7) is 1.94. The van der Waals surface area contributed by atoms with Crippen LogP contribution >= 0.6 is 0 Å². The van der Waals surface area contributed by atoms with Gasteiger partial charge in [0.15, 0.2) is 0 Å². The van der Waals surface area contributed by atoms with Crippen molar-refractivity contribution in [2.45, 2.75) is 25.8 Å². The van der Waals surface area contributed by atoms with Crippen molar-refractivity contribution >= 4 is 5.91 Å². The molecule has 1 saturated heterocycles. The Morgan fingerprint density at radius 3 is 2.55 bits per heavy atom. The molecule has 1 N–H and O–H groups in total. The van der Waals surface area contributed by atoms with Gasteiger partial charge in [-0.15, -0.1) is 5.10 Å². The number of aromatic nitrogens is 4. The minimum atomic E-state index is -0.282. The summed E-state index contributed by atoms with van der Waals surface area (Å²) < 4.78 is 1.64. The van der Waals surface area contributed by atoms with Gasteiger partial charge >= 0.3 is 0 Å². The Labute approximate surface area is 170 Å². The number of carbonyl (C=O) groups excluding carboxylic acids is 1. The van der Waals surface area contributed by atoms with Gasteiger partial charge < -0.3 is 10.0 Å². The smallest absolute Gasteiger partial charge is 0.253 e. The highest BCUT2D eigenvalue weighted by molar-refractivity contribution is 5.94. The van der Waals surface area contributed by atoms with Crippen LogP contribution in [-0.2, 0) is 13.0 Å². The van der Waals surface area contributed by atoms with Gasteiger partial charge in [0.05, 0.1) is 13.2 Å². The van der Waals surface area contributed by atoms with Crippen molar-refractivity contribution < 1.29 is 9.90 Å². The number of rotatable bonds is 6. The molecule has 0 radical (unpaired) electrons. The van der Waals surface area contributed by atoms with E-state index in [0.29, 0.717) is 18.7 Å². The van der Waals surface area contributed by atoms with Crippen LogP contribution < -0.4 is 0 Å². The summed E-state index contributed by atoms with van der Waals surface area (Å²) in [7, 11) is 0. The number of tetrazole rings is 1. The topological polar surface area (TPSA) is 84.1 Å². The summed E-state index contributed by atoms with van der Waals surface area (Å²) in [6, 6.07) is 17.8. The Bertz CT molecular complexity index is 928. The van der Waals surface area contributed by atoms with Crippen molar-refractivity contribution in [1.82, 2.24) is 25.1 Å². The number of carbonyl (C=O) groups is 1. The molecule has 7 heteroatoms. The van der Waals surface area contributed by atoms with E-state index in [1.54, 1.807) is 11.0 Å². The molecular weight excluding hydrogens is 366 g/mol. The van der Waals surface area contributed by atoms with E-state index >= 15 is 0 Å². The van der Waals surface area contributed by atoms with Crippen LogP contribution in [0.15, 0.2) is 60.9 Å². The number of amides is 1. The second-order valence-corrected chi connectivity index (χ2v) is 7.86. The maximum atomic E-state index is 13.1. The standard InChI is InChI=1S/C22H25N5O2/c28-16-22(13-18-5-2-1-3-6-18)11-4-12-26(15-22)21(29)20-9-7-19(8-10-20)14-27-17-23-24-25-27/h1-3,5-10,17,28H,4,11-16H2. The van der Waals surface area contributed by atoms with Gasteiger partial charge in [0.1, 0.15) is 6.33 Å². The molecule has 1 aliphatic heterocycles. The van der Waals surface area contributed by atoms with Crippen molar-refractivity contribution in [3.8, 4) is 0 Å². The van der Waals surface area contributed by atoms with Gasteiger partial charge in [0.25, 0.3) is 5.91 Å². The Hall–Kier alpha value is -3.06. The van der Waals surface area contributed by atoms with Crippen LogP contribution in [0.25, 0.3) is 0 Å². The maximum Gasteiger partial charge on any atom is 0.253 e. The van der Waals surface area contributed by atoms with Crippen molar-refractivity contribution in [3.05, 3.63) is 77.6 Å². The fourth-order valence-electron chi connectivity index (χ4n) is 4.11. The molecule has 1 atom stereocenters. The average molecular weight is 391 g/mol. The van der Waals surface area contributed by atoms with Crippen molar-refractivity contribution in [1.29, 1.82) is 0 Å². The molecule has 150 valence electrons. The van der Waals surface area contributed by atoms with Crippen LogP contribution in [0, 0.1) is 5.41 Å². The van der Waals surface area contributed by atoms with E-state index in [-0.39, 0.29) is 17.9 Å². The lowest BCUT2D eigenvalue weighted by atomic mass is 9.75.